The number of ether oxygens (including phenoxy) is 1. The number of aryl methyl sites for hydroxylation is 1. The van der Waals surface area contributed by atoms with Crippen LogP contribution >= 0.6 is 23.6 Å². The van der Waals surface area contributed by atoms with E-state index in [-0.39, 0.29) is 12.0 Å². The molecule has 6 nitrogen and oxygen atoms in total. The fourth-order valence-electron chi connectivity index (χ4n) is 3.21. The Morgan fingerprint density at radius 3 is 2.67 bits per heavy atom. The number of thiophene rings is 1. The lowest BCUT2D eigenvalue weighted by Gasteiger charge is -2.17. The molecule has 3 rings (SSSR count). The number of aromatic nitrogens is 2. The fourth-order valence-corrected chi connectivity index (χ4v) is 4.61. The zero-order chi connectivity index (χ0) is 21.7. The van der Waals surface area contributed by atoms with Crippen LogP contribution in [-0.4, -0.2) is 27.5 Å². The van der Waals surface area contributed by atoms with Gasteiger partial charge in [-0.1, -0.05) is 30.3 Å². The molecule has 2 heterocycles. The van der Waals surface area contributed by atoms with E-state index in [4.69, 9.17) is 17.0 Å². The quantitative estimate of drug-likeness (QED) is 0.389. The molecule has 2 aromatic heterocycles. The van der Waals surface area contributed by atoms with Crippen molar-refractivity contribution in [1.82, 2.24) is 15.1 Å². The molecule has 1 unspecified atom stereocenters. The summed E-state index contributed by atoms with van der Waals surface area (Å²) in [6.45, 7) is 9.07. The van der Waals surface area contributed by atoms with Gasteiger partial charge in [0.1, 0.15) is 5.00 Å². The smallest absolute Gasteiger partial charge is 0.341 e. The second kappa shape index (κ2) is 9.86. The number of thiocarbonyl (C=S) groups is 1. The van der Waals surface area contributed by atoms with Crippen LogP contribution in [0.1, 0.15) is 48.4 Å². The van der Waals surface area contributed by atoms with Crippen molar-refractivity contribution in [1.29, 1.82) is 0 Å². The summed E-state index contributed by atoms with van der Waals surface area (Å²) in [6.07, 6.45) is 1.86. The van der Waals surface area contributed by atoms with Gasteiger partial charge >= 0.3 is 5.97 Å². The Balaban J connectivity index is 1.80. The highest BCUT2D eigenvalue weighted by Crippen LogP contribution is 2.36. The Morgan fingerprint density at radius 1 is 1.30 bits per heavy atom. The van der Waals surface area contributed by atoms with Crippen LogP contribution in [0.3, 0.4) is 0 Å². The van der Waals surface area contributed by atoms with Crippen molar-refractivity contribution in [3.63, 3.8) is 0 Å². The molecule has 30 heavy (non-hydrogen) atoms. The van der Waals surface area contributed by atoms with Crippen molar-refractivity contribution in [2.75, 3.05) is 11.9 Å². The second-order valence-corrected chi connectivity index (χ2v) is 8.22. The maximum absolute atomic E-state index is 12.5. The zero-order valence-corrected chi connectivity index (χ0v) is 19.2. The van der Waals surface area contributed by atoms with E-state index in [0.717, 1.165) is 28.2 Å². The van der Waals surface area contributed by atoms with Crippen LogP contribution in [0.5, 0.6) is 0 Å². The molecule has 8 heteroatoms. The summed E-state index contributed by atoms with van der Waals surface area (Å²) in [6, 6.07) is 11.8. The lowest BCUT2D eigenvalue weighted by molar-refractivity contribution is 0.0528. The summed E-state index contributed by atoms with van der Waals surface area (Å²) in [5.41, 5.74) is 3.71. The minimum atomic E-state index is -0.366. The van der Waals surface area contributed by atoms with Gasteiger partial charge in [-0.25, -0.2) is 4.79 Å². The van der Waals surface area contributed by atoms with Gasteiger partial charge in [-0.3, -0.25) is 4.68 Å². The van der Waals surface area contributed by atoms with Gasteiger partial charge in [0, 0.05) is 22.7 Å². The molecule has 0 bridgehead atoms. The number of carbonyl (C=O) groups is 1. The maximum Gasteiger partial charge on any atom is 0.341 e. The molecule has 0 aliphatic rings. The van der Waals surface area contributed by atoms with Crippen LogP contribution in [-0.2, 0) is 11.3 Å². The van der Waals surface area contributed by atoms with E-state index in [9.17, 15) is 4.79 Å². The van der Waals surface area contributed by atoms with Crippen molar-refractivity contribution in [3.8, 4) is 10.4 Å². The molecule has 2 N–H and O–H groups in total. The first-order valence-electron chi connectivity index (χ1n) is 9.90. The van der Waals surface area contributed by atoms with Gasteiger partial charge in [-0.05, 0) is 51.5 Å². The first-order valence-corrected chi connectivity index (χ1v) is 11.1. The third-order valence-electron chi connectivity index (χ3n) is 4.77. The Hall–Kier alpha value is -2.71. The van der Waals surface area contributed by atoms with E-state index in [1.165, 1.54) is 11.3 Å². The monoisotopic (exact) mass is 442 g/mol. The van der Waals surface area contributed by atoms with Crippen molar-refractivity contribution in [2.45, 2.75) is 40.3 Å². The standard InChI is InChI=1S/C22H26N4O2S2/c1-5-26-15(4)18(13-23-26)14(3)24-22(29)25-20-17(21(27)28-6-2)12-19(30-20)16-10-8-7-9-11-16/h7-14H,5-6H2,1-4H3,(H2,24,25,29). The lowest BCUT2D eigenvalue weighted by atomic mass is 10.1. The topological polar surface area (TPSA) is 68.2 Å². The van der Waals surface area contributed by atoms with Crippen LogP contribution < -0.4 is 10.6 Å². The number of anilines is 1. The highest BCUT2D eigenvalue weighted by molar-refractivity contribution is 7.80. The molecule has 158 valence electrons. The van der Waals surface area contributed by atoms with Crippen molar-refractivity contribution in [3.05, 3.63) is 59.4 Å². The number of rotatable bonds is 7. The number of hydrogen-bond acceptors (Lipinski definition) is 5. The summed E-state index contributed by atoms with van der Waals surface area (Å²) in [4.78, 5) is 13.5. The van der Waals surface area contributed by atoms with Gasteiger partial charge in [0.25, 0.3) is 0 Å². The van der Waals surface area contributed by atoms with Crippen LogP contribution in [0.4, 0.5) is 5.00 Å². The minimum Gasteiger partial charge on any atom is -0.462 e. The van der Waals surface area contributed by atoms with Crippen molar-refractivity contribution < 1.29 is 9.53 Å². The second-order valence-electron chi connectivity index (χ2n) is 6.76. The molecule has 1 atom stereocenters. The fraction of sp³-hybridized carbons (Fsp3) is 0.318. The van der Waals surface area contributed by atoms with E-state index in [1.807, 2.05) is 61.1 Å². The molecule has 0 aliphatic heterocycles. The third-order valence-corrected chi connectivity index (χ3v) is 6.09. The van der Waals surface area contributed by atoms with Gasteiger partial charge in [0.15, 0.2) is 5.11 Å². The highest BCUT2D eigenvalue weighted by Gasteiger charge is 2.20. The molecular formula is C22H26N4O2S2. The predicted octanol–water partition coefficient (Wildman–Crippen LogP) is 5.16. The van der Waals surface area contributed by atoms with Crippen LogP contribution in [0, 0.1) is 6.92 Å². The minimum absolute atomic E-state index is 0.0232. The van der Waals surface area contributed by atoms with Crippen LogP contribution in [0.15, 0.2) is 42.6 Å². The van der Waals surface area contributed by atoms with E-state index < -0.39 is 0 Å². The first-order chi connectivity index (χ1) is 14.4. The first kappa shape index (κ1) is 22.0. The molecule has 0 saturated carbocycles. The lowest BCUT2D eigenvalue weighted by Crippen LogP contribution is -2.31. The Labute approximate surface area is 186 Å². The maximum atomic E-state index is 12.5. The predicted molar refractivity (Wildman–Crippen MR) is 126 cm³/mol. The van der Waals surface area contributed by atoms with Gasteiger partial charge < -0.3 is 15.4 Å². The molecule has 0 fully saturated rings. The van der Waals surface area contributed by atoms with Crippen LogP contribution in [0.2, 0.25) is 0 Å². The Morgan fingerprint density at radius 2 is 2.03 bits per heavy atom. The molecule has 3 aromatic rings. The van der Waals surface area contributed by atoms with Gasteiger partial charge in [-0.15, -0.1) is 11.3 Å². The van der Waals surface area contributed by atoms with E-state index >= 15 is 0 Å². The van der Waals surface area contributed by atoms with Crippen molar-refractivity contribution in [2.24, 2.45) is 0 Å². The average molecular weight is 443 g/mol. The largest absolute Gasteiger partial charge is 0.462 e. The summed E-state index contributed by atoms with van der Waals surface area (Å²) in [5.74, 6) is -0.366. The van der Waals surface area contributed by atoms with E-state index in [2.05, 4.69) is 22.7 Å². The molecule has 0 spiro atoms. The summed E-state index contributed by atoms with van der Waals surface area (Å²) in [5, 5.41) is 12.0. The summed E-state index contributed by atoms with van der Waals surface area (Å²) in [7, 11) is 0. The van der Waals surface area contributed by atoms with Crippen molar-refractivity contribution >= 4 is 39.6 Å². The van der Waals surface area contributed by atoms with E-state index in [1.54, 1.807) is 6.92 Å². The summed E-state index contributed by atoms with van der Waals surface area (Å²) < 4.78 is 7.19. The SMILES string of the molecule is CCOC(=O)c1cc(-c2ccccc2)sc1NC(=S)NC(C)c1cnn(CC)c1C. The zero-order valence-electron chi connectivity index (χ0n) is 17.6. The Kier molecular flexibility index (Phi) is 7.23. The van der Waals surface area contributed by atoms with Crippen LogP contribution in [0.25, 0.3) is 10.4 Å². The highest BCUT2D eigenvalue weighted by atomic mass is 32.1. The molecule has 0 aliphatic carbocycles. The number of nitrogens with one attached hydrogen (secondary N) is 2. The van der Waals surface area contributed by atoms with E-state index in [0.29, 0.717) is 22.3 Å². The molecule has 0 amide bonds. The average Bonchev–Trinajstić information content (AvgIpc) is 3.32. The normalized spacial score (nSPS) is 11.7. The number of benzene rings is 1. The van der Waals surface area contributed by atoms with Gasteiger partial charge in [-0.2, -0.15) is 5.10 Å². The number of nitrogens with zero attached hydrogens (tertiary/aromatic N) is 2. The molecule has 1 aromatic carbocycles. The molecule has 0 saturated heterocycles. The molecular weight excluding hydrogens is 416 g/mol. The summed E-state index contributed by atoms with van der Waals surface area (Å²) >= 11 is 7.01. The number of hydrogen-bond donors (Lipinski definition) is 2. The number of carbonyl (C=O) groups excluding carboxylic acids is 1. The van der Waals surface area contributed by atoms with Gasteiger partial charge in [0.05, 0.1) is 24.4 Å². The number of esters is 1. The molecule has 0 radical (unpaired) electrons. The Bertz CT molecular complexity index is 1030. The third kappa shape index (κ3) is 4.88. The van der Waals surface area contributed by atoms with Gasteiger partial charge in [0.2, 0.25) is 0 Å².